The molecule has 0 spiro atoms. The van der Waals surface area contributed by atoms with Crippen molar-refractivity contribution in [2.45, 2.75) is 32.0 Å². The van der Waals surface area contributed by atoms with Crippen molar-refractivity contribution in [1.29, 1.82) is 0 Å². The average Bonchev–Trinajstić information content (AvgIpc) is 2.57. The minimum atomic E-state index is 0.0445. The smallest absolute Gasteiger partial charge is 0.250 e. The predicted octanol–water partition coefficient (Wildman–Crippen LogP) is 2.88. The van der Waals surface area contributed by atoms with Gasteiger partial charge in [-0.05, 0) is 35.8 Å². The molecule has 0 aliphatic carbocycles. The SMILES string of the molecule is O=c1ccccn1Cc1ccc(CNC2CCCSC2)cc1. The lowest BCUT2D eigenvalue weighted by Gasteiger charge is -2.22. The Morgan fingerprint density at radius 2 is 1.95 bits per heavy atom. The fourth-order valence-corrected chi connectivity index (χ4v) is 3.82. The van der Waals surface area contributed by atoms with Crippen LogP contribution >= 0.6 is 11.8 Å². The van der Waals surface area contributed by atoms with Crippen LogP contribution in [-0.4, -0.2) is 22.1 Å². The molecule has 0 bridgehead atoms. The van der Waals surface area contributed by atoms with Gasteiger partial charge in [0, 0.05) is 30.6 Å². The summed E-state index contributed by atoms with van der Waals surface area (Å²) in [6.07, 6.45) is 4.45. The number of pyridine rings is 1. The van der Waals surface area contributed by atoms with Crippen LogP contribution in [0.25, 0.3) is 0 Å². The maximum Gasteiger partial charge on any atom is 0.250 e. The van der Waals surface area contributed by atoms with Gasteiger partial charge in [-0.15, -0.1) is 0 Å². The summed E-state index contributed by atoms with van der Waals surface area (Å²) in [7, 11) is 0. The second kappa shape index (κ2) is 7.65. The van der Waals surface area contributed by atoms with Gasteiger partial charge in [0.1, 0.15) is 0 Å². The van der Waals surface area contributed by atoms with Gasteiger partial charge in [0.05, 0.1) is 6.54 Å². The minimum absolute atomic E-state index is 0.0445. The third-order valence-corrected chi connectivity index (χ3v) is 5.25. The Kier molecular flexibility index (Phi) is 5.35. The number of nitrogens with one attached hydrogen (secondary N) is 1. The van der Waals surface area contributed by atoms with E-state index in [-0.39, 0.29) is 5.56 Å². The first-order valence-electron chi connectivity index (χ1n) is 7.86. The Morgan fingerprint density at radius 1 is 1.14 bits per heavy atom. The zero-order chi connectivity index (χ0) is 15.2. The van der Waals surface area contributed by atoms with Gasteiger partial charge in [0.15, 0.2) is 0 Å². The normalized spacial score (nSPS) is 18.3. The molecule has 2 heterocycles. The summed E-state index contributed by atoms with van der Waals surface area (Å²) in [5.74, 6) is 2.54. The Morgan fingerprint density at radius 3 is 2.68 bits per heavy atom. The molecule has 1 aliphatic rings. The second-order valence-corrected chi connectivity index (χ2v) is 6.93. The highest BCUT2D eigenvalue weighted by atomic mass is 32.2. The number of thioether (sulfide) groups is 1. The largest absolute Gasteiger partial charge is 0.311 e. The first-order valence-corrected chi connectivity index (χ1v) is 9.01. The first kappa shape index (κ1) is 15.4. The Balaban J connectivity index is 1.56. The molecular weight excluding hydrogens is 292 g/mol. The van der Waals surface area contributed by atoms with Crippen molar-refractivity contribution in [3.8, 4) is 0 Å². The van der Waals surface area contributed by atoms with E-state index in [2.05, 4.69) is 29.6 Å². The standard InChI is InChI=1S/C18H22N2OS/c21-18-5-1-2-10-20(18)13-16-8-6-15(7-9-16)12-19-17-4-3-11-22-14-17/h1-2,5-10,17,19H,3-4,11-14H2. The van der Waals surface area contributed by atoms with E-state index in [0.717, 1.165) is 12.1 Å². The number of hydrogen-bond acceptors (Lipinski definition) is 3. The van der Waals surface area contributed by atoms with E-state index in [9.17, 15) is 4.79 Å². The Bertz CT molecular complexity index is 645. The molecule has 116 valence electrons. The molecule has 1 fully saturated rings. The van der Waals surface area contributed by atoms with E-state index < -0.39 is 0 Å². The summed E-state index contributed by atoms with van der Waals surface area (Å²) in [5.41, 5.74) is 2.51. The van der Waals surface area contributed by atoms with E-state index in [1.54, 1.807) is 16.7 Å². The summed E-state index contributed by atoms with van der Waals surface area (Å²) in [6.45, 7) is 1.56. The summed E-state index contributed by atoms with van der Waals surface area (Å²) >= 11 is 2.05. The molecule has 1 saturated heterocycles. The first-order chi connectivity index (χ1) is 10.8. The van der Waals surface area contributed by atoms with Crippen LogP contribution in [0.2, 0.25) is 0 Å². The van der Waals surface area contributed by atoms with Crippen molar-refractivity contribution in [2.75, 3.05) is 11.5 Å². The van der Waals surface area contributed by atoms with Crippen molar-refractivity contribution >= 4 is 11.8 Å². The lowest BCUT2D eigenvalue weighted by atomic mass is 10.1. The quantitative estimate of drug-likeness (QED) is 0.921. The maximum atomic E-state index is 11.7. The van der Waals surface area contributed by atoms with Crippen LogP contribution in [0.3, 0.4) is 0 Å². The monoisotopic (exact) mass is 314 g/mol. The Labute approximate surface area is 135 Å². The van der Waals surface area contributed by atoms with Gasteiger partial charge in [0.2, 0.25) is 0 Å². The van der Waals surface area contributed by atoms with Crippen molar-refractivity contribution in [1.82, 2.24) is 9.88 Å². The molecule has 1 N–H and O–H groups in total. The summed E-state index contributed by atoms with van der Waals surface area (Å²) in [5, 5.41) is 3.64. The van der Waals surface area contributed by atoms with E-state index in [0.29, 0.717) is 12.6 Å². The zero-order valence-electron chi connectivity index (χ0n) is 12.7. The van der Waals surface area contributed by atoms with Gasteiger partial charge in [-0.1, -0.05) is 30.3 Å². The lowest BCUT2D eigenvalue weighted by Crippen LogP contribution is -2.33. The lowest BCUT2D eigenvalue weighted by molar-refractivity contribution is 0.507. The maximum absolute atomic E-state index is 11.7. The van der Waals surface area contributed by atoms with Gasteiger partial charge in [-0.25, -0.2) is 0 Å². The minimum Gasteiger partial charge on any atom is -0.311 e. The van der Waals surface area contributed by atoms with Crippen LogP contribution in [0.1, 0.15) is 24.0 Å². The van der Waals surface area contributed by atoms with Gasteiger partial charge in [-0.2, -0.15) is 11.8 Å². The van der Waals surface area contributed by atoms with Crippen LogP contribution < -0.4 is 10.9 Å². The molecule has 3 nitrogen and oxygen atoms in total. The molecule has 0 saturated carbocycles. The van der Waals surface area contributed by atoms with Crippen LogP contribution in [0.5, 0.6) is 0 Å². The predicted molar refractivity (Wildman–Crippen MR) is 93.4 cm³/mol. The molecular formula is C18H22N2OS. The zero-order valence-corrected chi connectivity index (χ0v) is 13.5. The van der Waals surface area contributed by atoms with Gasteiger partial charge < -0.3 is 9.88 Å². The number of nitrogens with zero attached hydrogens (tertiary/aromatic N) is 1. The number of aromatic nitrogens is 1. The van der Waals surface area contributed by atoms with E-state index in [1.165, 1.54) is 29.9 Å². The molecule has 0 amide bonds. The molecule has 1 aromatic heterocycles. The molecule has 4 heteroatoms. The third kappa shape index (κ3) is 4.24. The molecule has 2 aromatic rings. The Hall–Kier alpha value is -1.52. The van der Waals surface area contributed by atoms with E-state index in [4.69, 9.17) is 0 Å². The fraction of sp³-hybridized carbons (Fsp3) is 0.389. The fourth-order valence-electron chi connectivity index (χ4n) is 2.71. The molecule has 3 rings (SSSR count). The van der Waals surface area contributed by atoms with Crippen molar-refractivity contribution in [3.05, 3.63) is 70.1 Å². The van der Waals surface area contributed by atoms with Gasteiger partial charge >= 0.3 is 0 Å². The van der Waals surface area contributed by atoms with E-state index >= 15 is 0 Å². The van der Waals surface area contributed by atoms with Gasteiger partial charge in [-0.3, -0.25) is 4.79 Å². The summed E-state index contributed by atoms with van der Waals surface area (Å²) in [4.78, 5) is 11.7. The van der Waals surface area contributed by atoms with Crippen LogP contribution in [0, 0.1) is 0 Å². The molecule has 1 atom stereocenters. The highest BCUT2D eigenvalue weighted by molar-refractivity contribution is 7.99. The second-order valence-electron chi connectivity index (χ2n) is 5.78. The van der Waals surface area contributed by atoms with Crippen molar-refractivity contribution in [2.24, 2.45) is 0 Å². The number of benzene rings is 1. The number of rotatable bonds is 5. The third-order valence-electron chi connectivity index (χ3n) is 4.03. The molecule has 22 heavy (non-hydrogen) atoms. The van der Waals surface area contributed by atoms with Crippen molar-refractivity contribution < 1.29 is 0 Å². The van der Waals surface area contributed by atoms with Crippen LogP contribution in [0.15, 0.2) is 53.5 Å². The highest BCUT2D eigenvalue weighted by Crippen LogP contribution is 2.17. The van der Waals surface area contributed by atoms with Crippen LogP contribution in [-0.2, 0) is 13.1 Å². The van der Waals surface area contributed by atoms with Crippen LogP contribution in [0.4, 0.5) is 0 Å². The highest BCUT2D eigenvalue weighted by Gasteiger charge is 2.12. The number of hydrogen-bond donors (Lipinski definition) is 1. The van der Waals surface area contributed by atoms with Gasteiger partial charge in [0.25, 0.3) is 5.56 Å². The summed E-state index contributed by atoms with van der Waals surface area (Å²) < 4.78 is 1.73. The summed E-state index contributed by atoms with van der Waals surface area (Å²) in [6, 6.07) is 14.5. The van der Waals surface area contributed by atoms with E-state index in [1.807, 2.05) is 24.0 Å². The molecule has 0 radical (unpaired) electrons. The molecule has 1 aliphatic heterocycles. The molecule has 1 unspecified atom stereocenters. The topological polar surface area (TPSA) is 34.0 Å². The van der Waals surface area contributed by atoms with Crippen molar-refractivity contribution in [3.63, 3.8) is 0 Å². The molecule has 1 aromatic carbocycles. The average molecular weight is 314 g/mol.